The Kier molecular flexibility index (Phi) is 11.8. The third-order valence-corrected chi connectivity index (χ3v) is 7.99. The van der Waals surface area contributed by atoms with Gasteiger partial charge in [0.15, 0.2) is 0 Å². The van der Waals surface area contributed by atoms with Crippen LogP contribution in [0.25, 0.3) is 0 Å². The first kappa shape index (κ1) is 35.2. The molecule has 0 radical (unpaired) electrons. The molecule has 0 aliphatic carbocycles. The highest BCUT2D eigenvalue weighted by Gasteiger charge is 2.51. The fourth-order valence-electron chi connectivity index (χ4n) is 5.76. The van der Waals surface area contributed by atoms with Crippen LogP contribution >= 0.6 is 0 Å². The molecule has 0 saturated carbocycles. The van der Waals surface area contributed by atoms with E-state index in [1.54, 1.807) is 41.5 Å². The average molecular weight is 623 g/mol. The molecule has 44 heavy (non-hydrogen) atoms. The molecule has 2 unspecified atom stereocenters. The van der Waals surface area contributed by atoms with Crippen LogP contribution in [0.3, 0.4) is 0 Å². The standard InChI is InChI=1S/C16H27N3O4.C14H23N3O4/c1-15(2,3)23-12(20)10-16(4)13(21)19(14(22)17-16)11-18-8-6-5-7-9-18;1-3-21-11(18)9-14(2)12(19)17(13(20)15-14)10-16-7-5-4-6-8-16/h5-11H2,1-4H3,(H,17,22);3-10H2,1-2H3,(H,15,20). The topological polar surface area (TPSA) is 158 Å². The zero-order valence-corrected chi connectivity index (χ0v) is 27.2. The van der Waals surface area contributed by atoms with Gasteiger partial charge < -0.3 is 20.1 Å². The summed E-state index contributed by atoms with van der Waals surface area (Å²) < 4.78 is 10.1. The summed E-state index contributed by atoms with van der Waals surface area (Å²) >= 11 is 0. The Balaban J connectivity index is 0.000000241. The number of urea groups is 2. The van der Waals surface area contributed by atoms with Crippen molar-refractivity contribution in [3.63, 3.8) is 0 Å². The Hall–Kier alpha value is -3.26. The normalized spacial score (nSPS) is 26.6. The van der Waals surface area contributed by atoms with Crippen molar-refractivity contribution in [2.75, 3.05) is 46.1 Å². The Morgan fingerprint density at radius 2 is 1.09 bits per heavy atom. The molecule has 0 aromatic heterocycles. The number of ether oxygens (including phenoxy) is 2. The van der Waals surface area contributed by atoms with Crippen LogP contribution in [0.15, 0.2) is 0 Å². The van der Waals surface area contributed by atoms with Gasteiger partial charge in [-0.2, -0.15) is 0 Å². The maximum atomic E-state index is 12.6. The van der Waals surface area contributed by atoms with E-state index in [4.69, 9.17) is 9.47 Å². The van der Waals surface area contributed by atoms with Gasteiger partial charge in [0.05, 0.1) is 32.8 Å². The molecule has 4 aliphatic heterocycles. The number of nitrogens with zero attached hydrogens (tertiary/aromatic N) is 4. The molecule has 4 rings (SSSR count). The summed E-state index contributed by atoms with van der Waals surface area (Å²) in [6.45, 7) is 14.6. The van der Waals surface area contributed by atoms with Crippen molar-refractivity contribution < 1.29 is 38.2 Å². The second-order valence-corrected chi connectivity index (χ2v) is 13.4. The smallest absolute Gasteiger partial charge is 0.326 e. The summed E-state index contributed by atoms with van der Waals surface area (Å²) in [6, 6.07) is -0.871. The highest BCUT2D eigenvalue weighted by atomic mass is 16.6. The maximum absolute atomic E-state index is 12.6. The molecule has 0 aromatic rings. The largest absolute Gasteiger partial charge is 0.466 e. The van der Waals surface area contributed by atoms with Gasteiger partial charge in [-0.3, -0.25) is 29.0 Å². The van der Waals surface area contributed by atoms with Gasteiger partial charge in [0, 0.05) is 0 Å². The number of nitrogens with one attached hydrogen (secondary N) is 2. The van der Waals surface area contributed by atoms with E-state index in [0.29, 0.717) is 6.67 Å². The second-order valence-electron chi connectivity index (χ2n) is 13.4. The van der Waals surface area contributed by atoms with Crippen molar-refractivity contribution >= 4 is 35.8 Å². The third kappa shape index (κ3) is 9.37. The molecule has 14 nitrogen and oxygen atoms in total. The Morgan fingerprint density at radius 1 is 0.705 bits per heavy atom. The van der Waals surface area contributed by atoms with Gasteiger partial charge >= 0.3 is 24.0 Å². The van der Waals surface area contributed by atoms with Crippen LogP contribution in [0.4, 0.5) is 9.59 Å². The molecule has 0 aromatic carbocycles. The van der Waals surface area contributed by atoms with Crippen molar-refractivity contribution in [3.05, 3.63) is 0 Å². The van der Waals surface area contributed by atoms with E-state index in [2.05, 4.69) is 20.4 Å². The van der Waals surface area contributed by atoms with Crippen molar-refractivity contribution in [1.82, 2.24) is 30.2 Å². The van der Waals surface area contributed by atoms with E-state index in [0.717, 1.165) is 51.9 Å². The first-order valence-electron chi connectivity index (χ1n) is 15.7. The summed E-state index contributed by atoms with van der Waals surface area (Å²) in [5.41, 5.74) is -3.04. The lowest BCUT2D eigenvalue weighted by molar-refractivity contribution is -0.158. The predicted molar refractivity (Wildman–Crippen MR) is 160 cm³/mol. The molecule has 14 heteroatoms. The number of amides is 6. The number of imide groups is 2. The number of carbonyl (C=O) groups excluding carboxylic acids is 6. The first-order chi connectivity index (χ1) is 20.6. The van der Waals surface area contributed by atoms with Gasteiger partial charge in [-0.15, -0.1) is 0 Å². The minimum Gasteiger partial charge on any atom is -0.466 e. The van der Waals surface area contributed by atoms with Gasteiger partial charge in [0.1, 0.15) is 16.7 Å². The molecule has 6 amide bonds. The minimum absolute atomic E-state index is 0.137. The number of hydrogen-bond donors (Lipinski definition) is 2. The zero-order valence-electron chi connectivity index (χ0n) is 27.2. The van der Waals surface area contributed by atoms with Crippen LogP contribution in [-0.2, 0) is 28.7 Å². The molecule has 2 atom stereocenters. The lowest BCUT2D eigenvalue weighted by Gasteiger charge is -2.30. The summed E-state index contributed by atoms with van der Waals surface area (Å²) in [7, 11) is 0. The summed E-state index contributed by atoms with van der Waals surface area (Å²) in [6.07, 6.45) is 6.42. The fraction of sp³-hybridized carbons (Fsp3) is 0.800. The van der Waals surface area contributed by atoms with Crippen LogP contribution in [0, 0.1) is 0 Å². The number of esters is 2. The van der Waals surface area contributed by atoms with Crippen LogP contribution in [0.5, 0.6) is 0 Å². The minimum atomic E-state index is -1.23. The molecule has 4 fully saturated rings. The second kappa shape index (κ2) is 14.7. The first-order valence-corrected chi connectivity index (χ1v) is 15.7. The highest BCUT2D eigenvalue weighted by Crippen LogP contribution is 2.25. The van der Waals surface area contributed by atoms with Crippen LogP contribution < -0.4 is 10.6 Å². The molecule has 4 aliphatic rings. The van der Waals surface area contributed by atoms with E-state index in [9.17, 15) is 28.8 Å². The van der Waals surface area contributed by atoms with E-state index in [1.165, 1.54) is 22.6 Å². The Labute approximate surface area is 260 Å². The average Bonchev–Trinajstić information content (AvgIpc) is 3.26. The zero-order chi connectivity index (χ0) is 32.7. The van der Waals surface area contributed by atoms with Gasteiger partial charge in [0.25, 0.3) is 11.8 Å². The molecule has 4 saturated heterocycles. The Morgan fingerprint density at radius 3 is 1.45 bits per heavy atom. The molecule has 0 spiro atoms. The summed E-state index contributed by atoms with van der Waals surface area (Å²) in [5, 5.41) is 5.27. The summed E-state index contributed by atoms with van der Waals surface area (Å²) in [4.78, 5) is 79.5. The molecule has 4 heterocycles. The Bertz CT molecular complexity index is 1100. The third-order valence-electron chi connectivity index (χ3n) is 7.99. The van der Waals surface area contributed by atoms with Gasteiger partial charge in [-0.05, 0) is 93.4 Å². The highest BCUT2D eigenvalue weighted by molar-refractivity contribution is 6.09. The SMILES string of the molecule is CC(C)(C)OC(=O)CC1(C)NC(=O)N(CN2CCCCC2)C1=O.CCOC(=O)CC1(C)NC(=O)N(CN2CCCCC2)C1=O. The fourth-order valence-corrected chi connectivity index (χ4v) is 5.76. The number of carbonyl (C=O) groups is 6. The van der Waals surface area contributed by atoms with E-state index >= 15 is 0 Å². The number of piperidine rings is 2. The van der Waals surface area contributed by atoms with Gasteiger partial charge in [-0.25, -0.2) is 19.4 Å². The van der Waals surface area contributed by atoms with Crippen LogP contribution in [0.1, 0.15) is 92.9 Å². The van der Waals surface area contributed by atoms with Crippen LogP contribution in [-0.4, -0.2) is 118 Å². The lowest BCUT2D eigenvalue weighted by Crippen LogP contribution is -2.48. The predicted octanol–water partition coefficient (Wildman–Crippen LogP) is 2.17. The lowest BCUT2D eigenvalue weighted by atomic mass is 9.98. The van der Waals surface area contributed by atoms with E-state index in [-0.39, 0.29) is 37.9 Å². The van der Waals surface area contributed by atoms with Gasteiger partial charge in [0.2, 0.25) is 0 Å². The van der Waals surface area contributed by atoms with Crippen molar-refractivity contribution in [2.24, 2.45) is 0 Å². The quantitative estimate of drug-likeness (QED) is 0.288. The summed E-state index contributed by atoms with van der Waals surface area (Å²) in [5.74, 6) is -1.69. The number of rotatable bonds is 9. The molecule has 248 valence electrons. The molecule has 2 N–H and O–H groups in total. The van der Waals surface area contributed by atoms with Gasteiger partial charge in [-0.1, -0.05) is 12.8 Å². The van der Waals surface area contributed by atoms with E-state index in [1.807, 2.05) is 0 Å². The van der Waals surface area contributed by atoms with E-state index < -0.39 is 40.7 Å². The molecular formula is C30H50N6O8. The molecular weight excluding hydrogens is 572 g/mol. The monoisotopic (exact) mass is 622 g/mol. The van der Waals surface area contributed by atoms with Crippen molar-refractivity contribution in [1.29, 1.82) is 0 Å². The van der Waals surface area contributed by atoms with Crippen LogP contribution in [0.2, 0.25) is 0 Å². The molecule has 0 bridgehead atoms. The maximum Gasteiger partial charge on any atom is 0.326 e. The van der Waals surface area contributed by atoms with Crippen molar-refractivity contribution in [2.45, 2.75) is 110 Å². The number of likely N-dealkylation sites (tertiary alicyclic amines) is 2. The van der Waals surface area contributed by atoms with Crippen molar-refractivity contribution in [3.8, 4) is 0 Å². The number of hydrogen-bond acceptors (Lipinski definition) is 10.